The van der Waals surface area contributed by atoms with Crippen LogP contribution in [0.2, 0.25) is 0 Å². The van der Waals surface area contributed by atoms with Gasteiger partial charge in [0, 0.05) is 0 Å². The lowest BCUT2D eigenvalue weighted by Gasteiger charge is -2.34. The quantitative estimate of drug-likeness (QED) is 0.488. The van der Waals surface area contributed by atoms with E-state index >= 15 is 0 Å². The summed E-state index contributed by atoms with van der Waals surface area (Å²) in [5.74, 6) is -0.0717. The fourth-order valence-corrected chi connectivity index (χ4v) is 1.35. The first-order valence-corrected chi connectivity index (χ1v) is 6.95. The Morgan fingerprint density at radius 1 is 1.11 bits per heavy atom. The molecule has 0 saturated heterocycles. The van der Waals surface area contributed by atoms with Crippen LogP contribution in [0.1, 0.15) is 27.2 Å². The number of quaternary nitrogens is 2. The van der Waals surface area contributed by atoms with Crippen molar-refractivity contribution in [1.82, 2.24) is 0 Å². The van der Waals surface area contributed by atoms with E-state index in [0.29, 0.717) is 19.1 Å². The third kappa shape index (κ3) is 6.36. The average Bonchev–Trinajstić information content (AvgIpc) is 2.33. The molecule has 0 heterocycles. The van der Waals surface area contributed by atoms with Gasteiger partial charge in [-0.1, -0.05) is 0 Å². The number of nitrogens with zero attached hydrogens (tertiary/aromatic N) is 2. The Hall–Kier alpha value is -0.610. The van der Waals surface area contributed by atoms with Crippen LogP contribution in [-0.2, 0) is 9.53 Å². The van der Waals surface area contributed by atoms with E-state index in [-0.39, 0.29) is 5.97 Å². The topological polar surface area (TPSA) is 26.3 Å². The van der Waals surface area contributed by atoms with Gasteiger partial charge in [-0.3, -0.25) is 4.79 Å². The predicted octanol–water partition coefficient (Wildman–Crippen LogP) is 1.50. The van der Waals surface area contributed by atoms with Gasteiger partial charge in [0.05, 0.1) is 54.2 Å². The van der Waals surface area contributed by atoms with Crippen molar-refractivity contribution in [3.05, 3.63) is 0 Å². The van der Waals surface area contributed by atoms with E-state index in [1.165, 1.54) is 0 Å². The minimum absolute atomic E-state index is 0.0717. The molecule has 0 rings (SSSR count). The second-order valence-corrected chi connectivity index (χ2v) is 6.35. The van der Waals surface area contributed by atoms with Gasteiger partial charge >= 0.3 is 5.97 Å². The summed E-state index contributed by atoms with van der Waals surface area (Å²) in [5, 5.41) is 0. The molecule has 0 saturated carbocycles. The highest BCUT2D eigenvalue weighted by atomic mass is 16.5. The summed E-state index contributed by atoms with van der Waals surface area (Å²) < 4.78 is 7.11. The largest absolute Gasteiger partial charge is 0.459 e. The molecule has 18 heavy (non-hydrogen) atoms. The van der Waals surface area contributed by atoms with Crippen molar-refractivity contribution in [1.29, 1.82) is 0 Å². The van der Waals surface area contributed by atoms with Gasteiger partial charge in [0.1, 0.15) is 12.6 Å². The van der Waals surface area contributed by atoms with E-state index in [1.54, 1.807) is 0 Å². The normalized spacial score (nSPS) is 14.4. The maximum atomic E-state index is 11.7. The summed E-state index contributed by atoms with van der Waals surface area (Å²) in [7, 11) is 8.59. The minimum Gasteiger partial charge on any atom is -0.459 e. The number of ether oxygens (including phenoxy) is 1. The SMILES string of the molecule is CC[N+](C)(C)CCC(=O)OCC(C)[N+](C)(C)CC. The lowest BCUT2D eigenvalue weighted by molar-refractivity contribution is -0.911. The molecule has 0 radical (unpaired) electrons. The lowest BCUT2D eigenvalue weighted by atomic mass is 10.2. The summed E-state index contributed by atoms with van der Waals surface area (Å²) in [5.41, 5.74) is 0. The van der Waals surface area contributed by atoms with Gasteiger partial charge < -0.3 is 13.7 Å². The Morgan fingerprint density at radius 2 is 1.67 bits per heavy atom. The fraction of sp³-hybridized carbons (Fsp3) is 0.929. The summed E-state index contributed by atoms with van der Waals surface area (Å²) in [4.78, 5) is 11.7. The fourth-order valence-electron chi connectivity index (χ4n) is 1.35. The van der Waals surface area contributed by atoms with Crippen molar-refractivity contribution in [2.75, 3.05) is 54.4 Å². The molecule has 0 amide bonds. The smallest absolute Gasteiger partial charge is 0.311 e. The van der Waals surface area contributed by atoms with Crippen LogP contribution in [-0.4, -0.2) is 75.4 Å². The molecule has 0 aliphatic carbocycles. The molecule has 0 fully saturated rings. The molecular formula is C14H32N2O2+2. The molecule has 4 heteroatoms. The van der Waals surface area contributed by atoms with Crippen molar-refractivity contribution < 1.29 is 18.5 Å². The first-order valence-electron chi connectivity index (χ1n) is 6.95. The molecule has 4 nitrogen and oxygen atoms in total. The molecule has 1 unspecified atom stereocenters. The van der Waals surface area contributed by atoms with E-state index in [9.17, 15) is 4.79 Å². The summed E-state index contributed by atoms with van der Waals surface area (Å²) in [6.07, 6.45) is 0.507. The highest BCUT2D eigenvalue weighted by Gasteiger charge is 2.23. The van der Waals surface area contributed by atoms with Crippen LogP contribution < -0.4 is 0 Å². The average molecular weight is 260 g/mol. The molecule has 0 aromatic rings. The highest BCUT2D eigenvalue weighted by Crippen LogP contribution is 2.07. The first kappa shape index (κ1) is 17.4. The van der Waals surface area contributed by atoms with Gasteiger partial charge in [-0.05, 0) is 20.8 Å². The number of esters is 1. The molecule has 0 spiro atoms. The van der Waals surface area contributed by atoms with Crippen LogP contribution in [0, 0.1) is 0 Å². The van der Waals surface area contributed by atoms with Crippen LogP contribution >= 0.6 is 0 Å². The molecule has 0 aliphatic heterocycles. The molecule has 0 aromatic carbocycles. The van der Waals surface area contributed by atoms with Gasteiger partial charge in [0.15, 0.2) is 0 Å². The van der Waals surface area contributed by atoms with Gasteiger partial charge in [0.2, 0.25) is 0 Å². The Morgan fingerprint density at radius 3 is 2.11 bits per heavy atom. The molecule has 0 aliphatic rings. The molecule has 0 aromatic heterocycles. The summed E-state index contributed by atoms with van der Waals surface area (Å²) in [6, 6.07) is 0.340. The van der Waals surface area contributed by atoms with Crippen LogP contribution in [0.15, 0.2) is 0 Å². The van der Waals surface area contributed by atoms with Gasteiger partial charge in [0.25, 0.3) is 0 Å². The van der Waals surface area contributed by atoms with Crippen LogP contribution in [0.5, 0.6) is 0 Å². The van der Waals surface area contributed by atoms with E-state index < -0.39 is 0 Å². The van der Waals surface area contributed by atoms with Crippen molar-refractivity contribution in [2.45, 2.75) is 33.2 Å². The molecule has 0 bridgehead atoms. The summed E-state index contributed by atoms with van der Waals surface area (Å²) in [6.45, 7) is 9.84. The van der Waals surface area contributed by atoms with E-state index in [4.69, 9.17) is 4.74 Å². The van der Waals surface area contributed by atoms with Crippen LogP contribution in [0.3, 0.4) is 0 Å². The first-order chi connectivity index (χ1) is 8.14. The minimum atomic E-state index is -0.0717. The van der Waals surface area contributed by atoms with Gasteiger partial charge in [-0.2, -0.15) is 0 Å². The Labute approximate surface area is 113 Å². The second-order valence-electron chi connectivity index (χ2n) is 6.35. The van der Waals surface area contributed by atoms with Crippen LogP contribution in [0.4, 0.5) is 0 Å². The maximum Gasteiger partial charge on any atom is 0.311 e. The van der Waals surface area contributed by atoms with Crippen molar-refractivity contribution in [3.63, 3.8) is 0 Å². The number of rotatable bonds is 8. The lowest BCUT2D eigenvalue weighted by Crippen LogP contribution is -2.49. The highest BCUT2D eigenvalue weighted by molar-refractivity contribution is 5.69. The maximum absolute atomic E-state index is 11.7. The third-order valence-electron chi connectivity index (χ3n) is 4.27. The van der Waals surface area contributed by atoms with Gasteiger partial charge in [-0.25, -0.2) is 0 Å². The van der Waals surface area contributed by atoms with Crippen LogP contribution in [0.25, 0.3) is 0 Å². The van der Waals surface area contributed by atoms with Crippen molar-refractivity contribution in [3.8, 4) is 0 Å². The Kier molecular flexibility index (Phi) is 6.86. The standard InChI is InChI=1S/C14H32N2O2/c1-8-15(4,5)11-10-14(17)18-12-13(3)16(6,7)9-2/h13H,8-12H2,1-7H3/q+2. The Bertz CT molecular complexity index is 263. The molecular weight excluding hydrogens is 228 g/mol. The van der Waals surface area contributed by atoms with E-state index in [2.05, 4.69) is 49.0 Å². The number of carbonyl (C=O) groups is 1. The van der Waals surface area contributed by atoms with E-state index in [0.717, 1.165) is 28.6 Å². The van der Waals surface area contributed by atoms with Crippen molar-refractivity contribution in [2.24, 2.45) is 0 Å². The number of hydrogen-bond acceptors (Lipinski definition) is 2. The number of carbonyl (C=O) groups excluding carboxylic acids is 1. The second kappa shape index (κ2) is 7.10. The zero-order chi connectivity index (χ0) is 14.4. The number of hydrogen-bond donors (Lipinski definition) is 0. The molecule has 0 N–H and O–H groups in total. The monoisotopic (exact) mass is 260 g/mol. The number of likely N-dealkylation sites (N-methyl/N-ethyl adjacent to an activating group) is 1. The zero-order valence-corrected chi connectivity index (χ0v) is 13.3. The molecule has 108 valence electrons. The van der Waals surface area contributed by atoms with Gasteiger partial charge in [-0.15, -0.1) is 0 Å². The zero-order valence-electron chi connectivity index (χ0n) is 13.3. The molecule has 1 atom stereocenters. The Balaban J connectivity index is 3.98. The van der Waals surface area contributed by atoms with Crippen molar-refractivity contribution >= 4 is 5.97 Å². The predicted molar refractivity (Wildman–Crippen MR) is 75.2 cm³/mol. The third-order valence-corrected chi connectivity index (χ3v) is 4.27. The summed E-state index contributed by atoms with van der Waals surface area (Å²) >= 11 is 0. The van der Waals surface area contributed by atoms with E-state index in [1.807, 2.05) is 0 Å².